The van der Waals surface area contributed by atoms with E-state index in [1.54, 1.807) is 0 Å². The van der Waals surface area contributed by atoms with E-state index in [2.05, 4.69) is 0 Å². The van der Waals surface area contributed by atoms with Crippen molar-refractivity contribution in [2.24, 2.45) is 0 Å². The molecule has 0 amide bonds. The van der Waals surface area contributed by atoms with Crippen LogP contribution >= 0.6 is 0 Å². The van der Waals surface area contributed by atoms with Crippen LogP contribution in [-0.2, 0) is 0 Å². The highest BCUT2D eigenvalue weighted by Gasteiger charge is 2.07. The monoisotopic (exact) mass is 196 g/mol. The van der Waals surface area contributed by atoms with E-state index in [0.717, 1.165) is 24.5 Å². The van der Waals surface area contributed by atoms with Crippen LogP contribution in [0.4, 0.5) is 8.78 Å². The van der Waals surface area contributed by atoms with Crippen molar-refractivity contribution >= 4 is 5.57 Å². The van der Waals surface area contributed by atoms with Crippen molar-refractivity contribution in [1.82, 2.24) is 0 Å². The van der Waals surface area contributed by atoms with Crippen LogP contribution in [0.5, 0.6) is 0 Å². The van der Waals surface area contributed by atoms with Crippen LogP contribution in [0.2, 0.25) is 0 Å². The number of benzene rings is 1. The van der Waals surface area contributed by atoms with Crippen molar-refractivity contribution in [1.29, 1.82) is 0 Å². The molecule has 0 radical (unpaired) electrons. The maximum atomic E-state index is 13.3. The summed E-state index contributed by atoms with van der Waals surface area (Å²) < 4.78 is 26.2. The fraction of sp³-hybridized carbons (Fsp3) is 0.333. The summed E-state index contributed by atoms with van der Waals surface area (Å²) in [6.07, 6.45) is 3.54. The summed E-state index contributed by atoms with van der Waals surface area (Å²) in [7, 11) is 0. The molecular formula is C12H14F2. The highest BCUT2D eigenvalue weighted by Crippen LogP contribution is 2.23. The van der Waals surface area contributed by atoms with Crippen molar-refractivity contribution in [3.8, 4) is 0 Å². The van der Waals surface area contributed by atoms with Crippen molar-refractivity contribution in [2.75, 3.05) is 0 Å². The Balaban J connectivity index is 3.09. The summed E-state index contributed by atoms with van der Waals surface area (Å²) in [4.78, 5) is 0. The first kappa shape index (κ1) is 10.9. The zero-order chi connectivity index (χ0) is 10.6. The molecule has 0 nitrogen and oxygen atoms in total. The fourth-order valence-electron chi connectivity index (χ4n) is 1.45. The van der Waals surface area contributed by atoms with Gasteiger partial charge in [-0.3, -0.25) is 0 Å². The first-order valence-electron chi connectivity index (χ1n) is 4.79. The Labute approximate surface area is 83.3 Å². The predicted molar refractivity (Wildman–Crippen MR) is 54.9 cm³/mol. The molecule has 0 bridgehead atoms. The molecule has 0 fully saturated rings. The molecular weight excluding hydrogens is 182 g/mol. The molecule has 0 aliphatic rings. The molecule has 0 spiro atoms. The normalized spacial score (nSPS) is 11.9. The Morgan fingerprint density at radius 3 is 2.64 bits per heavy atom. The van der Waals surface area contributed by atoms with Crippen LogP contribution in [0, 0.1) is 11.6 Å². The van der Waals surface area contributed by atoms with Gasteiger partial charge in [0.1, 0.15) is 11.6 Å². The molecule has 0 N–H and O–H groups in total. The standard InChI is InChI=1S/C12H14F2/c1-3-5-9(4-2)11-8-10(13)6-7-12(11)14/h4,6-8H,3,5H2,1-2H3/b9-4+. The molecule has 0 heterocycles. The van der Waals surface area contributed by atoms with Gasteiger partial charge in [-0.25, -0.2) is 8.78 Å². The molecule has 76 valence electrons. The Morgan fingerprint density at radius 2 is 2.07 bits per heavy atom. The molecule has 1 aromatic rings. The highest BCUT2D eigenvalue weighted by molar-refractivity contribution is 5.65. The minimum absolute atomic E-state index is 0.354. The molecule has 0 aliphatic carbocycles. The van der Waals surface area contributed by atoms with E-state index in [4.69, 9.17) is 0 Å². The zero-order valence-corrected chi connectivity index (χ0v) is 8.48. The summed E-state index contributed by atoms with van der Waals surface area (Å²) in [6, 6.07) is 3.56. The lowest BCUT2D eigenvalue weighted by molar-refractivity contribution is 0.596. The summed E-state index contributed by atoms with van der Waals surface area (Å²) in [5, 5.41) is 0. The quantitative estimate of drug-likeness (QED) is 0.680. The van der Waals surface area contributed by atoms with Crippen LogP contribution in [0.3, 0.4) is 0 Å². The highest BCUT2D eigenvalue weighted by atomic mass is 19.1. The predicted octanol–water partition coefficient (Wildman–Crippen LogP) is 4.17. The molecule has 0 unspecified atom stereocenters. The van der Waals surface area contributed by atoms with Crippen LogP contribution in [0.15, 0.2) is 24.3 Å². The van der Waals surface area contributed by atoms with E-state index in [0.29, 0.717) is 5.56 Å². The smallest absolute Gasteiger partial charge is 0.130 e. The molecule has 0 atom stereocenters. The summed E-state index contributed by atoms with van der Waals surface area (Å²) in [5.41, 5.74) is 1.25. The summed E-state index contributed by atoms with van der Waals surface area (Å²) in [5.74, 6) is -0.746. The van der Waals surface area contributed by atoms with Gasteiger partial charge in [0, 0.05) is 5.56 Å². The Bertz CT molecular complexity index is 340. The summed E-state index contributed by atoms with van der Waals surface area (Å²) in [6.45, 7) is 3.86. The second-order valence-corrected chi connectivity index (χ2v) is 3.19. The number of rotatable bonds is 3. The van der Waals surface area contributed by atoms with E-state index < -0.39 is 5.82 Å². The third-order valence-corrected chi connectivity index (χ3v) is 2.14. The van der Waals surface area contributed by atoms with Gasteiger partial charge in [-0.15, -0.1) is 0 Å². The summed E-state index contributed by atoms with van der Waals surface area (Å²) >= 11 is 0. The van der Waals surface area contributed by atoms with Crippen molar-refractivity contribution in [3.63, 3.8) is 0 Å². The van der Waals surface area contributed by atoms with Gasteiger partial charge in [-0.2, -0.15) is 0 Å². The second kappa shape index (κ2) is 4.89. The molecule has 0 saturated carbocycles. The van der Waals surface area contributed by atoms with E-state index in [9.17, 15) is 8.78 Å². The van der Waals surface area contributed by atoms with Gasteiger partial charge in [0.2, 0.25) is 0 Å². The van der Waals surface area contributed by atoms with Crippen LogP contribution < -0.4 is 0 Å². The van der Waals surface area contributed by atoms with Gasteiger partial charge in [0.05, 0.1) is 0 Å². The second-order valence-electron chi connectivity index (χ2n) is 3.19. The van der Waals surface area contributed by atoms with Crippen LogP contribution in [0.1, 0.15) is 32.3 Å². The minimum atomic E-state index is -0.392. The van der Waals surface area contributed by atoms with Gasteiger partial charge in [0.25, 0.3) is 0 Å². The number of hydrogen-bond donors (Lipinski definition) is 0. The van der Waals surface area contributed by atoms with Gasteiger partial charge >= 0.3 is 0 Å². The van der Waals surface area contributed by atoms with Crippen molar-refractivity contribution < 1.29 is 8.78 Å². The number of hydrogen-bond acceptors (Lipinski definition) is 0. The van der Waals surface area contributed by atoms with Gasteiger partial charge in [-0.1, -0.05) is 19.4 Å². The molecule has 14 heavy (non-hydrogen) atoms. The van der Waals surface area contributed by atoms with Gasteiger partial charge in [0.15, 0.2) is 0 Å². The lowest BCUT2D eigenvalue weighted by atomic mass is 10.0. The van der Waals surface area contributed by atoms with Crippen LogP contribution in [-0.4, -0.2) is 0 Å². The molecule has 0 saturated heterocycles. The minimum Gasteiger partial charge on any atom is -0.207 e. The van der Waals surface area contributed by atoms with Gasteiger partial charge < -0.3 is 0 Å². The molecule has 0 aliphatic heterocycles. The average Bonchev–Trinajstić information content (AvgIpc) is 2.18. The van der Waals surface area contributed by atoms with Crippen molar-refractivity contribution in [2.45, 2.75) is 26.7 Å². The molecule has 2 heteroatoms. The third-order valence-electron chi connectivity index (χ3n) is 2.14. The van der Waals surface area contributed by atoms with E-state index in [1.807, 2.05) is 19.9 Å². The molecule has 0 aromatic heterocycles. The van der Waals surface area contributed by atoms with Crippen LogP contribution in [0.25, 0.3) is 5.57 Å². The number of halogens is 2. The largest absolute Gasteiger partial charge is 0.207 e. The Hall–Kier alpha value is -1.18. The maximum absolute atomic E-state index is 13.3. The lowest BCUT2D eigenvalue weighted by Gasteiger charge is -2.07. The lowest BCUT2D eigenvalue weighted by Crippen LogP contribution is -1.91. The first-order valence-corrected chi connectivity index (χ1v) is 4.79. The zero-order valence-electron chi connectivity index (χ0n) is 8.48. The molecule has 1 rings (SSSR count). The Morgan fingerprint density at radius 1 is 1.36 bits per heavy atom. The topological polar surface area (TPSA) is 0 Å². The Kier molecular flexibility index (Phi) is 3.81. The van der Waals surface area contributed by atoms with Gasteiger partial charge in [-0.05, 0) is 37.1 Å². The van der Waals surface area contributed by atoms with E-state index in [1.165, 1.54) is 12.1 Å². The average molecular weight is 196 g/mol. The van der Waals surface area contributed by atoms with E-state index >= 15 is 0 Å². The maximum Gasteiger partial charge on any atom is 0.130 e. The molecule has 1 aromatic carbocycles. The van der Waals surface area contributed by atoms with E-state index in [-0.39, 0.29) is 5.82 Å². The SMILES string of the molecule is C/C=C(\CCC)c1cc(F)ccc1F. The number of allylic oxidation sites excluding steroid dienone is 2. The third kappa shape index (κ3) is 2.41. The van der Waals surface area contributed by atoms with Crippen molar-refractivity contribution in [3.05, 3.63) is 41.5 Å². The first-order chi connectivity index (χ1) is 6.69. The fourth-order valence-corrected chi connectivity index (χ4v) is 1.45.